The van der Waals surface area contributed by atoms with Crippen molar-refractivity contribution in [2.45, 2.75) is 6.42 Å². The third-order valence-corrected chi connectivity index (χ3v) is 2.71. The number of hydrogen-bond acceptors (Lipinski definition) is 1. The lowest BCUT2D eigenvalue weighted by atomic mass is 10.1. The lowest BCUT2D eigenvalue weighted by molar-refractivity contribution is 1.27. The van der Waals surface area contributed by atoms with Gasteiger partial charge in [0.2, 0.25) is 0 Å². The topological polar surface area (TPSA) is 12.9 Å². The maximum Gasteiger partial charge on any atom is 0.0707 e. The highest BCUT2D eigenvalue weighted by Gasteiger charge is 1.96. The number of alkyl halides is 1. The molecule has 1 aromatic heterocycles. The van der Waals surface area contributed by atoms with Gasteiger partial charge in [-0.25, -0.2) is 0 Å². The molecule has 0 N–H and O–H groups in total. The first-order chi connectivity index (χ1) is 7.42. The fraction of sp³-hybridized carbons (Fsp3) is 0.154. The van der Waals surface area contributed by atoms with Gasteiger partial charge in [-0.2, -0.15) is 0 Å². The largest absolute Gasteiger partial charge is 0.256 e. The molecule has 0 unspecified atom stereocenters. The molecule has 1 aromatic carbocycles. The van der Waals surface area contributed by atoms with Gasteiger partial charge in [0.1, 0.15) is 0 Å². The summed E-state index contributed by atoms with van der Waals surface area (Å²) in [7, 11) is 0. The van der Waals surface area contributed by atoms with Gasteiger partial charge in [0.15, 0.2) is 0 Å². The van der Waals surface area contributed by atoms with Crippen LogP contribution in [0.25, 0.3) is 17.0 Å². The Morgan fingerprint density at radius 1 is 1.20 bits per heavy atom. The molecule has 0 radical (unpaired) electrons. The molecule has 0 saturated heterocycles. The number of benzene rings is 1. The number of pyridine rings is 1. The van der Waals surface area contributed by atoms with E-state index >= 15 is 0 Å². The predicted molar refractivity (Wildman–Crippen MR) is 69.2 cm³/mol. The summed E-state index contributed by atoms with van der Waals surface area (Å²) in [6.07, 6.45) is 7.22. The summed E-state index contributed by atoms with van der Waals surface area (Å²) in [4.78, 5) is 4.33. The summed E-state index contributed by atoms with van der Waals surface area (Å²) in [6, 6.07) is 10.3. The summed E-state index contributed by atoms with van der Waals surface area (Å²) >= 11 is 3.41. The van der Waals surface area contributed by atoms with Gasteiger partial charge in [-0.1, -0.05) is 46.3 Å². The first kappa shape index (κ1) is 10.4. The van der Waals surface area contributed by atoms with Crippen LogP contribution in [0.1, 0.15) is 12.0 Å². The fourth-order valence-electron chi connectivity index (χ4n) is 1.55. The van der Waals surface area contributed by atoms with Gasteiger partial charge >= 0.3 is 0 Å². The highest BCUT2D eigenvalue weighted by molar-refractivity contribution is 9.09. The summed E-state index contributed by atoms with van der Waals surface area (Å²) in [5, 5.41) is 2.22. The lowest BCUT2D eigenvalue weighted by Gasteiger charge is -2.00. The van der Waals surface area contributed by atoms with Crippen LogP contribution in [0.2, 0.25) is 0 Å². The maximum atomic E-state index is 4.33. The zero-order valence-corrected chi connectivity index (χ0v) is 9.94. The molecule has 0 aliphatic heterocycles. The molecule has 0 atom stereocenters. The van der Waals surface area contributed by atoms with Crippen LogP contribution in [0.5, 0.6) is 0 Å². The van der Waals surface area contributed by atoms with Gasteiger partial charge in [-0.3, -0.25) is 4.98 Å². The predicted octanol–water partition coefficient (Wildman–Crippen LogP) is 4.03. The van der Waals surface area contributed by atoms with E-state index in [1.807, 2.05) is 24.4 Å². The third-order valence-electron chi connectivity index (χ3n) is 2.25. The van der Waals surface area contributed by atoms with Gasteiger partial charge in [-0.15, -0.1) is 0 Å². The SMILES string of the molecule is BrCC/C=C/c1cccc2ncccc12. The van der Waals surface area contributed by atoms with E-state index in [1.54, 1.807) is 0 Å². The molecule has 2 rings (SSSR count). The first-order valence-electron chi connectivity index (χ1n) is 4.98. The molecule has 2 heteroatoms. The third kappa shape index (κ3) is 2.45. The molecule has 15 heavy (non-hydrogen) atoms. The fourth-order valence-corrected chi connectivity index (χ4v) is 1.81. The molecule has 0 amide bonds. The van der Waals surface area contributed by atoms with Crippen LogP contribution in [0.15, 0.2) is 42.6 Å². The van der Waals surface area contributed by atoms with Crippen molar-refractivity contribution in [2.24, 2.45) is 0 Å². The summed E-state index contributed by atoms with van der Waals surface area (Å²) in [5.41, 5.74) is 2.29. The molecule has 0 aliphatic rings. The molecule has 1 nitrogen and oxygen atoms in total. The van der Waals surface area contributed by atoms with Crippen molar-refractivity contribution in [1.82, 2.24) is 4.98 Å². The van der Waals surface area contributed by atoms with Gasteiger partial charge in [0, 0.05) is 16.9 Å². The molecular formula is C13H12BrN. The van der Waals surface area contributed by atoms with E-state index in [-0.39, 0.29) is 0 Å². The van der Waals surface area contributed by atoms with E-state index in [9.17, 15) is 0 Å². The molecule has 0 saturated carbocycles. The van der Waals surface area contributed by atoms with Gasteiger partial charge < -0.3 is 0 Å². The summed E-state index contributed by atoms with van der Waals surface area (Å²) in [6.45, 7) is 0. The Morgan fingerprint density at radius 3 is 3.00 bits per heavy atom. The number of allylic oxidation sites excluding steroid dienone is 1. The molecule has 0 fully saturated rings. The zero-order chi connectivity index (χ0) is 10.5. The van der Waals surface area contributed by atoms with Crippen LogP contribution >= 0.6 is 15.9 Å². The highest BCUT2D eigenvalue weighted by Crippen LogP contribution is 2.17. The van der Waals surface area contributed by atoms with Gasteiger partial charge in [0.05, 0.1) is 5.52 Å². The highest BCUT2D eigenvalue weighted by atomic mass is 79.9. The van der Waals surface area contributed by atoms with E-state index in [0.29, 0.717) is 0 Å². The molecule has 0 aliphatic carbocycles. The number of halogens is 1. The molecule has 1 heterocycles. The Balaban J connectivity index is 2.42. The minimum Gasteiger partial charge on any atom is -0.256 e. The molecule has 76 valence electrons. The molecule has 0 spiro atoms. The Labute approximate surface area is 98.0 Å². The second kappa shape index (κ2) is 5.08. The standard InChI is InChI=1S/C13H12BrN/c14-9-2-1-5-11-6-3-8-13-12(11)7-4-10-15-13/h1,3-8,10H,2,9H2/b5-1+. The minimum atomic E-state index is 1.01. The smallest absolute Gasteiger partial charge is 0.0707 e. The molecule has 0 bridgehead atoms. The molecular weight excluding hydrogens is 250 g/mol. The van der Waals surface area contributed by atoms with Crippen LogP contribution in [0.3, 0.4) is 0 Å². The van der Waals surface area contributed by atoms with E-state index in [2.05, 4.69) is 45.2 Å². The number of fused-ring (bicyclic) bond motifs is 1. The normalized spacial score (nSPS) is 11.3. The number of nitrogens with zero attached hydrogens (tertiary/aromatic N) is 1. The summed E-state index contributed by atoms with van der Waals surface area (Å²) in [5.74, 6) is 0. The van der Waals surface area contributed by atoms with E-state index in [1.165, 1.54) is 10.9 Å². The number of rotatable bonds is 3. The average Bonchev–Trinajstić information content (AvgIpc) is 2.30. The van der Waals surface area contributed by atoms with Crippen molar-refractivity contribution in [1.29, 1.82) is 0 Å². The van der Waals surface area contributed by atoms with E-state index < -0.39 is 0 Å². The maximum absolute atomic E-state index is 4.33. The zero-order valence-electron chi connectivity index (χ0n) is 8.36. The van der Waals surface area contributed by atoms with Crippen molar-refractivity contribution >= 4 is 32.9 Å². The van der Waals surface area contributed by atoms with Crippen LogP contribution in [-0.2, 0) is 0 Å². The van der Waals surface area contributed by atoms with Crippen LogP contribution in [-0.4, -0.2) is 10.3 Å². The monoisotopic (exact) mass is 261 g/mol. The van der Waals surface area contributed by atoms with Gasteiger partial charge in [0.25, 0.3) is 0 Å². The second-order valence-corrected chi connectivity index (χ2v) is 4.09. The Kier molecular flexibility index (Phi) is 3.51. The molecule has 2 aromatic rings. The van der Waals surface area contributed by atoms with Crippen molar-refractivity contribution in [2.75, 3.05) is 5.33 Å². The van der Waals surface area contributed by atoms with Crippen LogP contribution in [0.4, 0.5) is 0 Å². The Hall–Kier alpha value is -1.15. The van der Waals surface area contributed by atoms with E-state index in [0.717, 1.165) is 17.3 Å². The van der Waals surface area contributed by atoms with Crippen LogP contribution in [0, 0.1) is 0 Å². The number of aromatic nitrogens is 1. The Morgan fingerprint density at radius 2 is 2.13 bits per heavy atom. The Bertz CT molecular complexity index is 471. The van der Waals surface area contributed by atoms with E-state index in [4.69, 9.17) is 0 Å². The second-order valence-electron chi connectivity index (χ2n) is 3.30. The minimum absolute atomic E-state index is 1.01. The lowest BCUT2D eigenvalue weighted by Crippen LogP contribution is -1.80. The van der Waals surface area contributed by atoms with Gasteiger partial charge in [-0.05, 0) is 24.1 Å². The van der Waals surface area contributed by atoms with Crippen molar-refractivity contribution < 1.29 is 0 Å². The number of hydrogen-bond donors (Lipinski definition) is 0. The van der Waals surface area contributed by atoms with Crippen LogP contribution < -0.4 is 0 Å². The average molecular weight is 262 g/mol. The summed E-state index contributed by atoms with van der Waals surface area (Å²) < 4.78 is 0. The van der Waals surface area contributed by atoms with Crippen molar-refractivity contribution in [3.63, 3.8) is 0 Å². The van der Waals surface area contributed by atoms with Crippen molar-refractivity contribution in [3.05, 3.63) is 48.2 Å². The van der Waals surface area contributed by atoms with Crippen molar-refractivity contribution in [3.8, 4) is 0 Å². The first-order valence-corrected chi connectivity index (χ1v) is 6.10. The quantitative estimate of drug-likeness (QED) is 0.761.